The number of hydrogen-bond acceptors (Lipinski definition) is 3. The fourth-order valence-electron chi connectivity index (χ4n) is 0.792. The number of ether oxygens (including phenoxy) is 1. The highest BCUT2D eigenvalue weighted by Crippen LogP contribution is 2.32. The van der Waals surface area contributed by atoms with E-state index in [1.807, 2.05) is 0 Å². The number of hydrogen-bond donors (Lipinski definition) is 2. The predicted molar refractivity (Wildman–Crippen MR) is 48.9 cm³/mol. The van der Waals surface area contributed by atoms with Gasteiger partial charge in [-0.15, -0.1) is 0 Å². The number of halogens is 2. The van der Waals surface area contributed by atoms with Crippen LogP contribution >= 0.6 is 15.9 Å². The van der Waals surface area contributed by atoms with Gasteiger partial charge in [0, 0.05) is 4.47 Å². The Kier molecular flexibility index (Phi) is 3.29. The number of carboxylic acid groups (broad SMARTS) is 1. The average molecular weight is 265 g/mol. The highest BCUT2D eigenvalue weighted by Gasteiger charge is 2.11. The molecule has 0 unspecified atom stereocenters. The molecule has 0 radical (unpaired) electrons. The van der Waals surface area contributed by atoms with Crippen LogP contribution in [0.5, 0.6) is 11.5 Å². The Morgan fingerprint density at radius 1 is 1.57 bits per heavy atom. The van der Waals surface area contributed by atoms with Gasteiger partial charge in [-0.2, -0.15) is 0 Å². The molecular formula is C8H6BrFO4. The third kappa shape index (κ3) is 2.59. The lowest BCUT2D eigenvalue weighted by Crippen LogP contribution is -2.09. The molecule has 14 heavy (non-hydrogen) atoms. The molecule has 0 atom stereocenters. The van der Waals surface area contributed by atoms with E-state index in [2.05, 4.69) is 20.7 Å². The van der Waals surface area contributed by atoms with Crippen molar-refractivity contribution < 1.29 is 24.1 Å². The summed E-state index contributed by atoms with van der Waals surface area (Å²) in [6.07, 6.45) is 0. The number of carboxylic acids is 1. The van der Waals surface area contributed by atoms with E-state index in [4.69, 9.17) is 10.2 Å². The second-order valence-corrected chi connectivity index (χ2v) is 3.33. The Balaban J connectivity index is 2.90. The number of aromatic hydroxyl groups is 1. The molecule has 0 aliphatic heterocycles. The normalized spacial score (nSPS) is 9.86. The van der Waals surface area contributed by atoms with Crippen LogP contribution in [0.15, 0.2) is 16.6 Å². The maximum absolute atomic E-state index is 12.9. The van der Waals surface area contributed by atoms with Crippen molar-refractivity contribution in [2.45, 2.75) is 0 Å². The molecule has 1 rings (SSSR count). The van der Waals surface area contributed by atoms with E-state index < -0.39 is 24.1 Å². The molecule has 0 saturated heterocycles. The summed E-state index contributed by atoms with van der Waals surface area (Å²) in [5, 5.41) is 17.4. The topological polar surface area (TPSA) is 66.8 Å². The molecule has 0 aromatic heterocycles. The molecule has 0 aliphatic carbocycles. The summed E-state index contributed by atoms with van der Waals surface area (Å²) in [6, 6.07) is 2.32. The van der Waals surface area contributed by atoms with E-state index in [1.165, 1.54) is 6.07 Å². The molecule has 0 heterocycles. The van der Waals surface area contributed by atoms with Gasteiger partial charge in [0.1, 0.15) is 0 Å². The van der Waals surface area contributed by atoms with Gasteiger partial charge in [-0.25, -0.2) is 9.18 Å². The Bertz CT molecular complexity index is 367. The first-order chi connectivity index (χ1) is 6.50. The van der Waals surface area contributed by atoms with Crippen LogP contribution < -0.4 is 4.74 Å². The summed E-state index contributed by atoms with van der Waals surface area (Å²) in [6.45, 7) is -0.635. The van der Waals surface area contributed by atoms with Gasteiger partial charge in [-0.3, -0.25) is 0 Å². The zero-order valence-corrected chi connectivity index (χ0v) is 8.41. The Labute approximate surface area is 87.1 Å². The average Bonchev–Trinajstić information content (AvgIpc) is 2.08. The van der Waals surface area contributed by atoms with E-state index in [-0.39, 0.29) is 5.75 Å². The van der Waals surface area contributed by atoms with Gasteiger partial charge in [0.25, 0.3) is 0 Å². The molecule has 2 N–H and O–H groups in total. The molecule has 4 nitrogen and oxygen atoms in total. The van der Waals surface area contributed by atoms with Gasteiger partial charge in [-0.1, -0.05) is 15.9 Å². The zero-order chi connectivity index (χ0) is 10.7. The van der Waals surface area contributed by atoms with Crippen LogP contribution in [0.2, 0.25) is 0 Å². The van der Waals surface area contributed by atoms with Crippen LogP contribution in [0.4, 0.5) is 4.39 Å². The Morgan fingerprint density at radius 2 is 2.21 bits per heavy atom. The lowest BCUT2D eigenvalue weighted by Gasteiger charge is -2.06. The number of phenolic OH excluding ortho intramolecular Hbond substituents is 1. The van der Waals surface area contributed by atoms with Gasteiger partial charge in [0.05, 0.1) is 0 Å². The number of carbonyl (C=O) groups is 1. The van der Waals surface area contributed by atoms with Crippen molar-refractivity contribution in [1.29, 1.82) is 0 Å². The molecule has 6 heteroatoms. The van der Waals surface area contributed by atoms with E-state index >= 15 is 0 Å². The standard InChI is InChI=1S/C8H6BrFO4/c9-4-1-5(10)8(13)6(2-4)14-3-7(11)12/h1-2,13H,3H2,(H,11,12). The summed E-state index contributed by atoms with van der Waals surface area (Å²) in [7, 11) is 0. The Hall–Kier alpha value is -1.30. The van der Waals surface area contributed by atoms with Crippen molar-refractivity contribution in [3.8, 4) is 11.5 Å². The van der Waals surface area contributed by atoms with Crippen LogP contribution in [0.1, 0.15) is 0 Å². The van der Waals surface area contributed by atoms with Gasteiger partial charge in [0.2, 0.25) is 0 Å². The molecule has 1 aromatic rings. The van der Waals surface area contributed by atoms with Crippen molar-refractivity contribution >= 4 is 21.9 Å². The molecule has 0 spiro atoms. The molecule has 0 bridgehead atoms. The summed E-state index contributed by atoms with van der Waals surface area (Å²) < 4.78 is 17.9. The first-order valence-corrected chi connectivity index (χ1v) is 4.32. The van der Waals surface area contributed by atoms with Crippen molar-refractivity contribution in [2.24, 2.45) is 0 Å². The van der Waals surface area contributed by atoms with Gasteiger partial charge in [-0.05, 0) is 12.1 Å². The third-order valence-corrected chi connectivity index (χ3v) is 1.80. The number of phenols is 1. The Morgan fingerprint density at radius 3 is 2.79 bits per heavy atom. The fraction of sp³-hybridized carbons (Fsp3) is 0.125. The second-order valence-electron chi connectivity index (χ2n) is 2.42. The lowest BCUT2D eigenvalue weighted by molar-refractivity contribution is -0.139. The third-order valence-electron chi connectivity index (χ3n) is 1.34. The van der Waals surface area contributed by atoms with Crippen molar-refractivity contribution in [3.63, 3.8) is 0 Å². The minimum absolute atomic E-state index is 0.209. The molecule has 0 aliphatic rings. The predicted octanol–water partition coefficient (Wildman–Crippen LogP) is 1.76. The number of rotatable bonds is 3. The SMILES string of the molecule is O=C(O)COc1cc(Br)cc(F)c1O. The van der Waals surface area contributed by atoms with E-state index in [0.717, 1.165) is 6.07 Å². The molecule has 0 fully saturated rings. The highest BCUT2D eigenvalue weighted by atomic mass is 79.9. The van der Waals surface area contributed by atoms with E-state index in [0.29, 0.717) is 4.47 Å². The molecule has 0 saturated carbocycles. The quantitative estimate of drug-likeness (QED) is 0.873. The van der Waals surface area contributed by atoms with Crippen LogP contribution in [-0.2, 0) is 4.79 Å². The van der Waals surface area contributed by atoms with Crippen LogP contribution in [0.3, 0.4) is 0 Å². The van der Waals surface area contributed by atoms with Gasteiger partial charge >= 0.3 is 5.97 Å². The number of benzene rings is 1. The van der Waals surface area contributed by atoms with Crippen molar-refractivity contribution in [2.75, 3.05) is 6.61 Å². The summed E-state index contributed by atoms with van der Waals surface area (Å²) in [5.41, 5.74) is 0. The second kappa shape index (κ2) is 4.28. The maximum atomic E-state index is 12.9. The van der Waals surface area contributed by atoms with E-state index in [1.54, 1.807) is 0 Å². The van der Waals surface area contributed by atoms with Crippen molar-refractivity contribution in [3.05, 3.63) is 22.4 Å². The van der Waals surface area contributed by atoms with Gasteiger partial charge in [0.15, 0.2) is 23.9 Å². The molecule has 76 valence electrons. The molecule has 0 amide bonds. The number of aliphatic carboxylic acids is 1. The maximum Gasteiger partial charge on any atom is 0.341 e. The highest BCUT2D eigenvalue weighted by molar-refractivity contribution is 9.10. The zero-order valence-electron chi connectivity index (χ0n) is 6.83. The summed E-state index contributed by atoms with van der Waals surface area (Å²) in [4.78, 5) is 10.1. The summed E-state index contributed by atoms with van der Waals surface area (Å²) >= 11 is 2.98. The minimum Gasteiger partial charge on any atom is -0.502 e. The monoisotopic (exact) mass is 264 g/mol. The first kappa shape index (κ1) is 10.8. The lowest BCUT2D eigenvalue weighted by atomic mass is 10.3. The first-order valence-electron chi connectivity index (χ1n) is 3.53. The molecule has 1 aromatic carbocycles. The fourth-order valence-corrected chi connectivity index (χ4v) is 1.20. The molecular weight excluding hydrogens is 259 g/mol. The summed E-state index contributed by atoms with van der Waals surface area (Å²) in [5.74, 6) is -2.99. The van der Waals surface area contributed by atoms with Gasteiger partial charge < -0.3 is 14.9 Å². The van der Waals surface area contributed by atoms with Crippen LogP contribution in [-0.4, -0.2) is 22.8 Å². The van der Waals surface area contributed by atoms with Crippen molar-refractivity contribution in [1.82, 2.24) is 0 Å². The largest absolute Gasteiger partial charge is 0.502 e. The minimum atomic E-state index is -1.20. The van der Waals surface area contributed by atoms with Crippen LogP contribution in [0, 0.1) is 5.82 Å². The smallest absolute Gasteiger partial charge is 0.341 e. The van der Waals surface area contributed by atoms with Crippen LogP contribution in [0.25, 0.3) is 0 Å². The van der Waals surface area contributed by atoms with E-state index in [9.17, 15) is 9.18 Å².